The molecule has 134 valence electrons. The molecule has 3 heterocycles. The maximum absolute atomic E-state index is 5.69. The Hall–Kier alpha value is -1.92. The van der Waals surface area contributed by atoms with Gasteiger partial charge in [-0.05, 0) is 63.9 Å². The van der Waals surface area contributed by atoms with E-state index in [1.54, 1.807) is 0 Å². The van der Waals surface area contributed by atoms with Crippen molar-refractivity contribution >= 4 is 17.3 Å². The van der Waals surface area contributed by atoms with Crippen LogP contribution in [0.5, 0.6) is 0 Å². The molecule has 3 rings (SSSR count). The van der Waals surface area contributed by atoms with Crippen LogP contribution in [0.2, 0.25) is 0 Å². The van der Waals surface area contributed by atoms with Crippen molar-refractivity contribution in [3.8, 4) is 0 Å². The van der Waals surface area contributed by atoms with E-state index in [1.165, 1.54) is 17.0 Å². The summed E-state index contributed by atoms with van der Waals surface area (Å²) in [6, 6.07) is 8.57. The van der Waals surface area contributed by atoms with Gasteiger partial charge in [0.25, 0.3) is 0 Å². The number of aryl methyl sites for hydroxylation is 1. The highest BCUT2D eigenvalue weighted by Crippen LogP contribution is 2.40. The lowest BCUT2D eigenvalue weighted by molar-refractivity contribution is 0.277. The van der Waals surface area contributed by atoms with Crippen molar-refractivity contribution in [1.29, 1.82) is 0 Å². The van der Waals surface area contributed by atoms with Crippen LogP contribution in [0.1, 0.15) is 34.7 Å². The first kappa shape index (κ1) is 17.9. The first-order chi connectivity index (χ1) is 11.9. The molecule has 0 saturated carbocycles. The van der Waals surface area contributed by atoms with Gasteiger partial charge in [-0.3, -0.25) is 4.98 Å². The highest BCUT2D eigenvalue weighted by molar-refractivity contribution is 7.80. The summed E-state index contributed by atoms with van der Waals surface area (Å²) in [6.45, 7) is 6.18. The fourth-order valence-electron chi connectivity index (χ4n) is 3.48. The topological polar surface area (TPSA) is 36.3 Å². The number of rotatable bonds is 5. The Morgan fingerprint density at radius 3 is 2.60 bits per heavy atom. The van der Waals surface area contributed by atoms with Gasteiger partial charge in [-0.2, -0.15) is 0 Å². The molecule has 0 unspecified atom stereocenters. The summed E-state index contributed by atoms with van der Waals surface area (Å²) in [5, 5.41) is 4.32. The van der Waals surface area contributed by atoms with Crippen LogP contribution in [-0.4, -0.2) is 51.6 Å². The van der Waals surface area contributed by atoms with Gasteiger partial charge in [0.05, 0.1) is 17.8 Å². The number of likely N-dealkylation sites (N-methyl/N-ethyl adjacent to an activating group) is 1. The first-order valence-electron chi connectivity index (χ1n) is 8.65. The summed E-state index contributed by atoms with van der Waals surface area (Å²) in [7, 11) is 6.31. The molecule has 2 atom stereocenters. The minimum atomic E-state index is 0.0661. The van der Waals surface area contributed by atoms with Crippen LogP contribution in [0.3, 0.4) is 0 Å². The largest absolute Gasteiger partial charge is 0.352 e. The first-order valence-corrected chi connectivity index (χ1v) is 9.06. The van der Waals surface area contributed by atoms with Crippen LogP contribution < -0.4 is 5.32 Å². The van der Waals surface area contributed by atoms with E-state index in [9.17, 15) is 0 Å². The van der Waals surface area contributed by atoms with Crippen LogP contribution in [-0.2, 0) is 7.05 Å². The van der Waals surface area contributed by atoms with Crippen molar-refractivity contribution in [3.05, 3.63) is 53.1 Å². The fraction of sp³-hybridized carbons (Fsp3) is 0.474. The van der Waals surface area contributed by atoms with Crippen LogP contribution in [0.15, 0.2) is 30.5 Å². The number of nitrogens with zero attached hydrogens (tertiary/aromatic N) is 4. The number of hydrogen-bond acceptors (Lipinski definition) is 3. The number of pyridine rings is 1. The molecule has 2 aromatic rings. The van der Waals surface area contributed by atoms with Crippen molar-refractivity contribution in [1.82, 2.24) is 24.7 Å². The molecular formula is C19H27N5S. The standard InChI is InChI=1S/C19H27N5S/c1-13-12-15(14(2)23(13)5)18-17(16-8-6-7-9-20-16)21-19(25)24(18)11-10-22(3)4/h6-9,12,17-18H,10-11H2,1-5H3,(H,21,25)/t17-,18+/m1/s1. The molecule has 1 fully saturated rings. The Morgan fingerprint density at radius 2 is 2.04 bits per heavy atom. The Balaban J connectivity index is 2.03. The summed E-state index contributed by atoms with van der Waals surface area (Å²) in [5.41, 5.74) is 4.90. The zero-order chi connectivity index (χ0) is 18.1. The molecule has 0 spiro atoms. The van der Waals surface area contributed by atoms with Gasteiger partial charge in [0.1, 0.15) is 0 Å². The van der Waals surface area contributed by atoms with Gasteiger partial charge in [0.15, 0.2) is 5.11 Å². The minimum absolute atomic E-state index is 0.0661. The predicted octanol–water partition coefficient (Wildman–Crippen LogP) is 2.57. The third kappa shape index (κ3) is 3.41. The maximum atomic E-state index is 5.69. The predicted molar refractivity (Wildman–Crippen MR) is 106 cm³/mol. The maximum Gasteiger partial charge on any atom is 0.170 e. The summed E-state index contributed by atoms with van der Waals surface area (Å²) in [5.74, 6) is 0. The Labute approximate surface area is 155 Å². The highest BCUT2D eigenvalue weighted by Gasteiger charge is 2.40. The van der Waals surface area contributed by atoms with Crippen LogP contribution in [0.4, 0.5) is 0 Å². The minimum Gasteiger partial charge on any atom is -0.352 e. The SMILES string of the molecule is Cc1cc([C@H]2[C@@H](c3ccccn3)NC(=S)N2CCN(C)C)c(C)n1C. The van der Waals surface area contributed by atoms with Crippen molar-refractivity contribution < 1.29 is 0 Å². The lowest BCUT2D eigenvalue weighted by atomic mass is 9.97. The average Bonchev–Trinajstić information content (AvgIpc) is 3.05. The number of thiocarbonyl (C=S) groups is 1. The lowest BCUT2D eigenvalue weighted by Crippen LogP contribution is -2.35. The monoisotopic (exact) mass is 357 g/mol. The van der Waals surface area contributed by atoms with E-state index in [4.69, 9.17) is 12.2 Å². The molecular weight excluding hydrogens is 330 g/mol. The normalized spacial score (nSPS) is 20.4. The third-order valence-electron chi connectivity index (χ3n) is 5.12. The van der Waals surface area contributed by atoms with Crippen molar-refractivity contribution in [3.63, 3.8) is 0 Å². The van der Waals surface area contributed by atoms with E-state index in [1.807, 2.05) is 18.3 Å². The second-order valence-electron chi connectivity index (χ2n) is 7.01. The van der Waals surface area contributed by atoms with Gasteiger partial charge < -0.3 is 19.7 Å². The highest BCUT2D eigenvalue weighted by atomic mass is 32.1. The summed E-state index contributed by atoms with van der Waals surface area (Å²) in [6.07, 6.45) is 1.85. The molecule has 0 amide bonds. The quantitative estimate of drug-likeness (QED) is 0.833. The smallest absolute Gasteiger partial charge is 0.170 e. The molecule has 5 nitrogen and oxygen atoms in total. The molecule has 1 aliphatic heterocycles. The van der Waals surface area contributed by atoms with E-state index in [0.29, 0.717) is 0 Å². The van der Waals surface area contributed by atoms with Gasteiger partial charge >= 0.3 is 0 Å². The van der Waals surface area contributed by atoms with Gasteiger partial charge in [0, 0.05) is 37.7 Å². The molecule has 25 heavy (non-hydrogen) atoms. The van der Waals surface area contributed by atoms with Crippen LogP contribution >= 0.6 is 12.2 Å². The average molecular weight is 358 g/mol. The zero-order valence-electron chi connectivity index (χ0n) is 15.7. The molecule has 0 bridgehead atoms. The number of aromatic nitrogens is 2. The summed E-state index contributed by atoms with van der Waals surface area (Å²) in [4.78, 5) is 9.10. The zero-order valence-corrected chi connectivity index (χ0v) is 16.5. The molecule has 2 aromatic heterocycles. The van der Waals surface area contributed by atoms with Gasteiger partial charge in [-0.25, -0.2) is 0 Å². The van der Waals surface area contributed by atoms with E-state index in [0.717, 1.165) is 23.9 Å². The summed E-state index contributed by atoms with van der Waals surface area (Å²) >= 11 is 5.69. The van der Waals surface area contributed by atoms with E-state index in [-0.39, 0.29) is 12.1 Å². The van der Waals surface area contributed by atoms with E-state index < -0.39 is 0 Å². The summed E-state index contributed by atoms with van der Waals surface area (Å²) < 4.78 is 2.25. The molecule has 1 aliphatic rings. The fourth-order valence-corrected chi connectivity index (χ4v) is 3.81. The van der Waals surface area contributed by atoms with Gasteiger partial charge in [-0.1, -0.05) is 6.07 Å². The van der Waals surface area contributed by atoms with Crippen molar-refractivity contribution in [2.75, 3.05) is 27.2 Å². The Bertz CT molecular complexity index is 753. The van der Waals surface area contributed by atoms with Gasteiger partial charge in [-0.15, -0.1) is 0 Å². The lowest BCUT2D eigenvalue weighted by Gasteiger charge is -2.29. The third-order valence-corrected chi connectivity index (χ3v) is 5.47. The van der Waals surface area contributed by atoms with Crippen molar-refractivity contribution in [2.24, 2.45) is 7.05 Å². The second-order valence-corrected chi connectivity index (χ2v) is 7.40. The number of nitrogens with one attached hydrogen (secondary N) is 1. The second kappa shape index (κ2) is 7.14. The molecule has 6 heteroatoms. The molecule has 0 aliphatic carbocycles. The molecule has 1 saturated heterocycles. The molecule has 0 aromatic carbocycles. The Morgan fingerprint density at radius 1 is 1.28 bits per heavy atom. The van der Waals surface area contributed by atoms with Crippen molar-refractivity contribution in [2.45, 2.75) is 25.9 Å². The Kier molecular flexibility index (Phi) is 5.11. The van der Waals surface area contributed by atoms with Crippen LogP contribution in [0, 0.1) is 13.8 Å². The van der Waals surface area contributed by atoms with Crippen LogP contribution in [0.25, 0.3) is 0 Å². The van der Waals surface area contributed by atoms with Gasteiger partial charge in [0.2, 0.25) is 0 Å². The van der Waals surface area contributed by atoms with E-state index in [2.05, 4.69) is 71.8 Å². The number of hydrogen-bond donors (Lipinski definition) is 1. The molecule has 0 radical (unpaired) electrons. The molecule has 1 N–H and O–H groups in total. The van der Waals surface area contributed by atoms with E-state index >= 15 is 0 Å².